The number of rotatable bonds is 3. The van der Waals surface area contributed by atoms with Crippen molar-refractivity contribution >= 4 is 16.6 Å². The molecule has 0 bridgehead atoms. The van der Waals surface area contributed by atoms with Crippen LogP contribution in [0.1, 0.15) is 5.56 Å². The summed E-state index contributed by atoms with van der Waals surface area (Å²) in [6.45, 7) is 0.350. The van der Waals surface area contributed by atoms with Crippen LogP contribution in [0.25, 0.3) is 10.9 Å². The minimum Gasteiger partial charge on any atom is -0.376 e. The highest BCUT2D eigenvalue weighted by molar-refractivity contribution is 5.79. The number of halogens is 2. The molecule has 0 saturated carbocycles. The summed E-state index contributed by atoms with van der Waals surface area (Å²) < 4.78 is 27.0. The van der Waals surface area contributed by atoms with E-state index in [0.29, 0.717) is 6.54 Å². The molecule has 0 aliphatic heterocycles. The second-order valence-electron chi connectivity index (χ2n) is 4.48. The van der Waals surface area contributed by atoms with Crippen molar-refractivity contribution in [3.05, 3.63) is 71.9 Å². The van der Waals surface area contributed by atoms with Crippen molar-refractivity contribution in [2.45, 2.75) is 6.54 Å². The van der Waals surface area contributed by atoms with Crippen molar-refractivity contribution in [3.8, 4) is 0 Å². The number of aromatic nitrogens is 1. The Morgan fingerprint density at radius 1 is 0.950 bits per heavy atom. The average molecular weight is 270 g/mol. The van der Waals surface area contributed by atoms with Crippen LogP contribution in [0.15, 0.2) is 54.7 Å². The van der Waals surface area contributed by atoms with Gasteiger partial charge in [0.15, 0.2) is 0 Å². The fourth-order valence-corrected chi connectivity index (χ4v) is 2.09. The molecule has 0 spiro atoms. The summed E-state index contributed by atoms with van der Waals surface area (Å²) in [5.41, 5.74) is 1.74. The second kappa shape index (κ2) is 5.25. The van der Waals surface area contributed by atoms with Gasteiger partial charge in [-0.3, -0.25) is 4.98 Å². The smallest absolute Gasteiger partial charge is 0.149 e. The highest BCUT2D eigenvalue weighted by Gasteiger charge is 2.07. The van der Waals surface area contributed by atoms with Crippen LogP contribution in [-0.2, 0) is 6.54 Å². The van der Waals surface area contributed by atoms with E-state index in [1.165, 1.54) is 18.2 Å². The van der Waals surface area contributed by atoms with Crippen molar-refractivity contribution in [1.29, 1.82) is 0 Å². The van der Waals surface area contributed by atoms with E-state index < -0.39 is 11.6 Å². The molecule has 1 aromatic heterocycles. The highest BCUT2D eigenvalue weighted by Crippen LogP contribution is 2.20. The summed E-state index contributed by atoms with van der Waals surface area (Å²) in [5, 5.41) is 3.79. The van der Waals surface area contributed by atoms with Crippen molar-refractivity contribution in [1.82, 2.24) is 4.98 Å². The maximum absolute atomic E-state index is 13.5. The Hall–Kier alpha value is -2.49. The van der Waals surface area contributed by atoms with E-state index in [2.05, 4.69) is 10.3 Å². The molecule has 0 radical (unpaired) electrons. The Morgan fingerprint density at radius 2 is 1.75 bits per heavy atom. The fourth-order valence-electron chi connectivity index (χ4n) is 2.09. The number of anilines is 1. The molecule has 2 aromatic carbocycles. The zero-order valence-electron chi connectivity index (χ0n) is 10.6. The molecule has 1 heterocycles. The lowest BCUT2D eigenvalue weighted by molar-refractivity contribution is 0.588. The van der Waals surface area contributed by atoms with E-state index in [4.69, 9.17) is 0 Å². The quantitative estimate of drug-likeness (QED) is 0.774. The van der Waals surface area contributed by atoms with Crippen LogP contribution < -0.4 is 5.32 Å². The molecule has 0 unspecified atom stereocenters. The molecule has 3 aromatic rings. The number of para-hydroxylation sites is 1. The molecule has 0 aliphatic carbocycles. The first-order valence-electron chi connectivity index (χ1n) is 6.25. The van der Waals surface area contributed by atoms with Crippen LogP contribution in [0, 0.1) is 11.6 Å². The summed E-state index contributed by atoms with van der Waals surface area (Å²) in [5.74, 6) is -1.18. The van der Waals surface area contributed by atoms with Crippen molar-refractivity contribution in [2.24, 2.45) is 0 Å². The number of hydrogen-bond acceptors (Lipinski definition) is 2. The van der Waals surface area contributed by atoms with Gasteiger partial charge in [0.25, 0.3) is 0 Å². The lowest BCUT2D eigenvalue weighted by Crippen LogP contribution is -2.03. The van der Waals surface area contributed by atoms with Gasteiger partial charge in [0.2, 0.25) is 0 Å². The summed E-state index contributed by atoms with van der Waals surface area (Å²) in [6.07, 6.45) is 1.73. The Balaban J connectivity index is 1.83. The van der Waals surface area contributed by atoms with Crippen molar-refractivity contribution < 1.29 is 8.78 Å². The predicted octanol–water partition coefficient (Wildman–Crippen LogP) is 4.13. The lowest BCUT2D eigenvalue weighted by Gasteiger charge is -2.09. The number of pyridine rings is 1. The fraction of sp³-hybridized carbons (Fsp3) is 0.0625. The molecule has 4 heteroatoms. The lowest BCUT2D eigenvalue weighted by atomic mass is 10.1. The van der Waals surface area contributed by atoms with Crippen LogP contribution in [-0.4, -0.2) is 4.98 Å². The Labute approximate surface area is 115 Å². The first-order chi connectivity index (χ1) is 9.74. The van der Waals surface area contributed by atoms with Gasteiger partial charge in [-0.05, 0) is 35.9 Å². The molecule has 0 fully saturated rings. The van der Waals surface area contributed by atoms with Gasteiger partial charge in [0, 0.05) is 18.1 Å². The highest BCUT2D eigenvalue weighted by atomic mass is 19.1. The van der Waals surface area contributed by atoms with Crippen molar-refractivity contribution in [2.75, 3.05) is 5.32 Å². The third kappa shape index (κ3) is 2.45. The molecule has 100 valence electrons. The maximum atomic E-state index is 13.5. The normalized spacial score (nSPS) is 10.7. The van der Waals surface area contributed by atoms with Crippen molar-refractivity contribution in [3.63, 3.8) is 0 Å². The summed E-state index contributed by atoms with van der Waals surface area (Å²) in [6, 6.07) is 13.4. The van der Waals surface area contributed by atoms with Crippen LogP contribution in [0.4, 0.5) is 14.5 Å². The molecule has 0 amide bonds. The maximum Gasteiger partial charge on any atom is 0.149 e. The first kappa shape index (κ1) is 12.5. The van der Waals surface area contributed by atoms with Gasteiger partial charge in [-0.25, -0.2) is 8.78 Å². The van der Waals surface area contributed by atoms with Gasteiger partial charge >= 0.3 is 0 Å². The zero-order valence-corrected chi connectivity index (χ0v) is 10.6. The Bertz CT molecular complexity index is 736. The monoisotopic (exact) mass is 270 g/mol. The van der Waals surface area contributed by atoms with Gasteiger partial charge < -0.3 is 5.32 Å². The summed E-state index contributed by atoms with van der Waals surface area (Å²) in [4.78, 5) is 4.23. The summed E-state index contributed by atoms with van der Waals surface area (Å²) >= 11 is 0. The number of hydrogen-bond donors (Lipinski definition) is 1. The Morgan fingerprint density at radius 3 is 2.55 bits per heavy atom. The van der Waals surface area contributed by atoms with Gasteiger partial charge in [-0.2, -0.15) is 0 Å². The molecule has 0 saturated heterocycles. The number of fused-ring (bicyclic) bond motifs is 1. The molecule has 2 nitrogen and oxygen atoms in total. The zero-order chi connectivity index (χ0) is 13.9. The Kier molecular flexibility index (Phi) is 3.29. The van der Waals surface area contributed by atoms with Gasteiger partial charge in [0.05, 0.1) is 5.52 Å². The molecule has 0 aliphatic rings. The van der Waals surface area contributed by atoms with Crippen LogP contribution in [0.2, 0.25) is 0 Å². The second-order valence-corrected chi connectivity index (χ2v) is 4.48. The topological polar surface area (TPSA) is 24.9 Å². The average Bonchev–Trinajstić information content (AvgIpc) is 2.46. The van der Waals surface area contributed by atoms with E-state index in [9.17, 15) is 8.78 Å². The number of nitrogens with one attached hydrogen (secondary N) is 1. The largest absolute Gasteiger partial charge is 0.376 e. The van der Waals surface area contributed by atoms with Gasteiger partial charge in [0.1, 0.15) is 17.3 Å². The van der Waals surface area contributed by atoms with Gasteiger partial charge in [-0.1, -0.05) is 18.2 Å². The molecule has 1 N–H and O–H groups in total. The van der Waals surface area contributed by atoms with Crippen LogP contribution >= 0.6 is 0 Å². The SMILES string of the molecule is Fc1cccc(F)c1NCc1ccc2ncccc2c1. The third-order valence-electron chi connectivity index (χ3n) is 3.10. The summed E-state index contributed by atoms with van der Waals surface area (Å²) in [7, 11) is 0. The molecular weight excluding hydrogens is 258 g/mol. The van der Waals surface area contributed by atoms with E-state index in [1.54, 1.807) is 6.20 Å². The van der Waals surface area contributed by atoms with E-state index in [1.807, 2.05) is 30.3 Å². The molecule has 3 rings (SSSR count). The van der Waals surface area contributed by atoms with E-state index >= 15 is 0 Å². The predicted molar refractivity (Wildman–Crippen MR) is 75.4 cm³/mol. The van der Waals surface area contributed by atoms with Crippen LogP contribution in [0.5, 0.6) is 0 Å². The first-order valence-corrected chi connectivity index (χ1v) is 6.25. The number of nitrogens with zero attached hydrogens (tertiary/aromatic N) is 1. The van der Waals surface area contributed by atoms with Crippen LogP contribution in [0.3, 0.4) is 0 Å². The van der Waals surface area contributed by atoms with E-state index in [0.717, 1.165) is 16.5 Å². The molecule has 20 heavy (non-hydrogen) atoms. The van der Waals surface area contributed by atoms with E-state index in [-0.39, 0.29) is 5.69 Å². The standard InChI is InChI=1S/C16H12F2N2/c17-13-4-1-5-14(18)16(13)20-10-11-6-7-15-12(9-11)3-2-8-19-15/h1-9,20H,10H2. The van der Waals surface area contributed by atoms with Gasteiger partial charge in [-0.15, -0.1) is 0 Å². The third-order valence-corrected chi connectivity index (χ3v) is 3.10. The minimum absolute atomic E-state index is 0.0983. The molecular formula is C16H12F2N2. The number of benzene rings is 2. The minimum atomic E-state index is -0.590. The molecule has 0 atom stereocenters.